The van der Waals surface area contributed by atoms with Crippen molar-refractivity contribution < 1.29 is 22.7 Å². The first-order chi connectivity index (χ1) is 17.1. The van der Waals surface area contributed by atoms with Gasteiger partial charge in [0, 0.05) is 28.6 Å². The van der Waals surface area contributed by atoms with Crippen molar-refractivity contribution in [1.82, 2.24) is 14.5 Å². The number of ether oxygens (including phenoxy) is 1. The normalized spacial score (nSPS) is 11.5. The van der Waals surface area contributed by atoms with Crippen molar-refractivity contribution in [3.05, 3.63) is 68.9 Å². The molecule has 2 aromatic carbocycles. The molecule has 0 saturated carbocycles. The van der Waals surface area contributed by atoms with Crippen LogP contribution >= 0.6 is 39.1 Å². The lowest BCUT2D eigenvalue weighted by Crippen LogP contribution is -2.19. The molecule has 188 valence electrons. The number of carbonyl (C=O) groups excluding carboxylic acids is 1. The lowest BCUT2D eigenvalue weighted by molar-refractivity contribution is -0.139. The molecule has 1 amide bonds. The van der Waals surface area contributed by atoms with Crippen LogP contribution in [0.15, 0.2) is 53.3 Å². The molecule has 0 atom stereocenters. The highest BCUT2D eigenvalue weighted by molar-refractivity contribution is 9.10. The summed E-state index contributed by atoms with van der Waals surface area (Å²) in [6, 6.07) is 9.65. The smallest absolute Gasteiger partial charge is 0.406 e. The van der Waals surface area contributed by atoms with E-state index in [4.69, 9.17) is 27.9 Å². The molecule has 2 heterocycles. The number of hydrogen-bond acceptors (Lipinski definition) is 5. The number of benzene rings is 2. The highest BCUT2D eigenvalue weighted by Gasteiger charge is 2.31. The first kappa shape index (κ1) is 26.1. The zero-order chi connectivity index (χ0) is 26.0. The second-order valence-corrected chi connectivity index (χ2v) is 9.20. The second-order valence-electron chi connectivity index (χ2n) is 7.47. The fourth-order valence-electron chi connectivity index (χ4n) is 3.41. The Morgan fingerprint density at radius 1 is 1.14 bits per heavy atom. The molecule has 7 nitrogen and oxygen atoms in total. The number of anilines is 3. The number of hydrogen-bond donors (Lipinski definition) is 2. The number of aromatic nitrogens is 3. The van der Waals surface area contributed by atoms with Crippen molar-refractivity contribution in [3.63, 3.8) is 0 Å². The van der Waals surface area contributed by atoms with Gasteiger partial charge in [0.15, 0.2) is 0 Å². The summed E-state index contributed by atoms with van der Waals surface area (Å²) in [7, 11) is 0. The zero-order valence-electron chi connectivity index (χ0n) is 18.5. The number of nitrogens with zero attached hydrogens (tertiary/aromatic N) is 3. The molecule has 0 fully saturated rings. The van der Waals surface area contributed by atoms with Crippen LogP contribution in [0, 0.1) is 0 Å². The van der Waals surface area contributed by atoms with E-state index >= 15 is 0 Å². The molecule has 13 heteroatoms. The standard InChI is InChI=1S/C23H17BrCl2F3N5O2/c1-2-36-19-8-18-17(7-14(19)21(35)31-13-5-3-12(24)4-6-13)32-22(34(18)11-23(27,28)29)33-20-15(25)9-30-10-16(20)26/h3-10H,2,11H2,1H3,(H,31,35)(H,30,32,33). The van der Waals surface area contributed by atoms with Crippen molar-refractivity contribution in [2.45, 2.75) is 19.6 Å². The highest BCUT2D eigenvalue weighted by atomic mass is 79.9. The van der Waals surface area contributed by atoms with Gasteiger partial charge in [0.1, 0.15) is 12.3 Å². The number of pyridine rings is 1. The highest BCUT2D eigenvalue weighted by Crippen LogP contribution is 2.36. The van der Waals surface area contributed by atoms with Crippen LogP contribution in [0.5, 0.6) is 5.75 Å². The average molecular weight is 603 g/mol. The average Bonchev–Trinajstić information content (AvgIpc) is 3.12. The summed E-state index contributed by atoms with van der Waals surface area (Å²) in [5.74, 6) is -0.581. The number of carbonyl (C=O) groups is 1. The van der Waals surface area contributed by atoms with Crippen molar-refractivity contribution in [2.24, 2.45) is 0 Å². The SMILES string of the molecule is CCOc1cc2c(cc1C(=O)Nc1ccc(Br)cc1)nc(Nc1c(Cl)cncc1Cl)n2CC(F)(F)F. The third kappa shape index (κ3) is 5.85. The van der Waals surface area contributed by atoms with Gasteiger partial charge < -0.3 is 19.9 Å². The van der Waals surface area contributed by atoms with Crippen LogP contribution < -0.4 is 15.4 Å². The summed E-state index contributed by atoms with van der Waals surface area (Å²) in [6.07, 6.45) is -1.98. The molecule has 0 aliphatic rings. The quantitative estimate of drug-likeness (QED) is 0.229. The van der Waals surface area contributed by atoms with E-state index in [0.717, 1.165) is 9.04 Å². The molecule has 2 N–H and O–H groups in total. The van der Waals surface area contributed by atoms with Gasteiger partial charge in [-0.3, -0.25) is 9.78 Å². The molecule has 0 aliphatic heterocycles. The molecule has 0 spiro atoms. The first-order valence-electron chi connectivity index (χ1n) is 10.4. The van der Waals surface area contributed by atoms with Crippen molar-refractivity contribution in [2.75, 3.05) is 17.2 Å². The predicted molar refractivity (Wildman–Crippen MR) is 137 cm³/mol. The van der Waals surface area contributed by atoms with E-state index in [2.05, 4.69) is 36.5 Å². The van der Waals surface area contributed by atoms with Crippen LogP contribution in [0.2, 0.25) is 10.0 Å². The molecule has 0 aliphatic carbocycles. The molecule has 2 aromatic heterocycles. The van der Waals surface area contributed by atoms with Gasteiger partial charge in [-0.15, -0.1) is 0 Å². The maximum absolute atomic E-state index is 13.5. The number of fused-ring (bicyclic) bond motifs is 1. The number of rotatable bonds is 7. The summed E-state index contributed by atoms with van der Waals surface area (Å²) in [6.45, 7) is 0.529. The van der Waals surface area contributed by atoms with Crippen molar-refractivity contribution >= 4 is 73.4 Å². The Kier molecular flexibility index (Phi) is 7.62. The minimum absolute atomic E-state index is 0.0951. The number of imidazole rings is 1. The maximum atomic E-state index is 13.5. The molecule has 0 unspecified atom stereocenters. The number of alkyl halides is 3. The zero-order valence-corrected chi connectivity index (χ0v) is 21.6. The van der Waals surface area contributed by atoms with Crippen LogP contribution in [0.4, 0.5) is 30.5 Å². The lowest BCUT2D eigenvalue weighted by atomic mass is 10.1. The Bertz CT molecular complexity index is 1410. The number of halogens is 6. The van der Waals surface area contributed by atoms with Crippen LogP contribution in [0.1, 0.15) is 17.3 Å². The molecular formula is C23H17BrCl2F3N5O2. The summed E-state index contributed by atoms with van der Waals surface area (Å²) in [5.41, 5.74) is 1.01. The predicted octanol–water partition coefficient (Wildman–Crippen LogP) is 7.46. The van der Waals surface area contributed by atoms with E-state index in [0.29, 0.717) is 5.69 Å². The second kappa shape index (κ2) is 10.5. The van der Waals surface area contributed by atoms with Crippen LogP contribution in [0.3, 0.4) is 0 Å². The van der Waals surface area contributed by atoms with E-state index in [1.54, 1.807) is 31.2 Å². The van der Waals surface area contributed by atoms with Gasteiger partial charge in [-0.05, 0) is 37.3 Å². The van der Waals surface area contributed by atoms with E-state index < -0.39 is 18.6 Å². The van der Waals surface area contributed by atoms with Gasteiger partial charge in [-0.1, -0.05) is 39.1 Å². The maximum Gasteiger partial charge on any atom is 0.406 e. The summed E-state index contributed by atoms with van der Waals surface area (Å²) < 4.78 is 47.9. The summed E-state index contributed by atoms with van der Waals surface area (Å²) >= 11 is 15.6. The van der Waals surface area contributed by atoms with Crippen molar-refractivity contribution in [1.29, 1.82) is 0 Å². The molecule has 4 rings (SSSR count). The Morgan fingerprint density at radius 2 is 1.81 bits per heavy atom. The minimum atomic E-state index is -4.57. The van der Waals surface area contributed by atoms with E-state index in [9.17, 15) is 18.0 Å². The summed E-state index contributed by atoms with van der Waals surface area (Å²) in [5, 5.41) is 5.71. The van der Waals surface area contributed by atoms with Gasteiger partial charge >= 0.3 is 6.18 Å². The summed E-state index contributed by atoms with van der Waals surface area (Å²) in [4.78, 5) is 21.2. The van der Waals surface area contributed by atoms with Gasteiger partial charge in [0.05, 0.1) is 38.9 Å². The number of nitrogens with one attached hydrogen (secondary N) is 2. The molecule has 0 bridgehead atoms. The number of amides is 1. The van der Waals surface area contributed by atoms with E-state index in [1.807, 2.05) is 0 Å². The fraction of sp³-hybridized carbons (Fsp3) is 0.174. The monoisotopic (exact) mass is 601 g/mol. The molecule has 0 radical (unpaired) electrons. The molecule has 36 heavy (non-hydrogen) atoms. The molecular weight excluding hydrogens is 586 g/mol. The Hall–Kier alpha value is -3.02. The molecule has 0 saturated heterocycles. The van der Waals surface area contributed by atoms with Crippen LogP contribution in [0.25, 0.3) is 11.0 Å². The van der Waals surface area contributed by atoms with E-state index in [-0.39, 0.29) is 50.6 Å². The van der Waals surface area contributed by atoms with Gasteiger partial charge in [-0.25, -0.2) is 4.98 Å². The van der Waals surface area contributed by atoms with Gasteiger partial charge in [0.2, 0.25) is 5.95 Å². The van der Waals surface area contributed by atoms with Gasteiger partial charge in [-0.2, -0.15) is 13.2 Å². The Morgan fingerprint density at radius 3 is 2.42 bits per heavy atom. The van der Waals surface area contributed by atoms with Crippen molar-refractivity contribution in [3.8, 4) is 5.75 Å². The van der Waals surface area contributed by atoms with Crippen LogP contribution in [-0.4, -0.2) is 33.2 Å². The van der Waals surface area contributed by atoms with Crippen LogP contribution in [-0.2, 0) is 6.54 Å². The van der Waals surface area contributed by atoms with E-state index in [1.165, 1.54) is 24.5 Å². The minimum Gasteiger partial charge on any atom is -0.493 e. The fourth-order valence-corrected chi connectivity index (χ4v) is 4.14. The Balaban J connectivity index is 1.82. The topological polar surface area (TPSA) is 81.1 Å². The largest absolute Gasteiger partial charge is 0.493 e. The third-order valence-electron chi connectivity index (χ3n) is 4.92. The molecule has 4 aromatic rings. The van der Waals surface area contributed by atoms with Gasteiger partial charge in [0.25, 0.3) is 5.91 Å². The Labute approximate surface area is 221 Å². The third-order valence-corrected chi connectivity index (χ3v) is 6.03. The first-order valence-corrected chi connectivity index (χ1v) is 12.0. The lowest BCUT2D eigenvalue weighted by Gasteiger charge is -2.15.